The Labute approximate surface area is 142 Å². The highest BCUT2D eigenvalue weighted by molar-refractivity contribution is 9.10. The van der Waals surface area contributed by atoms with Gasteiger partial charge in [-0.1, -0.05) is 22.0 Å². The van der Waals surface area contributed by atoms with Crippen molar-refractivity contribution >= 4 is 21.8 Å². The summed E-state index contributed by atoms with van der Waals surface area (Å²) >= 11 is 3.17. The number of benzene rings is 2. The van der Waals surface area contributed by atoms with E-state index in [1.54, 1.807) is 26.4 Å². The number of carbonyl (C=O) groups excluding carboxylic acids is 1. The number of methoxy groups -OCH3 is 2. The molecule has 0 aromatic heterocycles. The smallest absolute Gasteiger partial charge is 0.251 e. The van der Waals surface area contributed by atoms with Gasteiger partial charge in [0, 0.05) is 22.6 Å². The summed E-state index contributed by atoms with van der Waals surface area (Å²) in [4.78, 5) is 12.0. The van der Waals surface area contributed by atoms with E-state index in [1.165, 1.54) is 12.1 Å². The molecule has 0 aliphatic rings. The van der Waals surface area contributed by atoms with Crippen LogP contribution in [0.3, 0.4) is 0 Å². The van der Waals surface area contributed by atoms with Crippen LogP contribution in [-0.2, 0) is 6.42 Å². The molecule has 0 saturated heterocycles. The molecule has 23 heavy (non-hydrogen) atoms. The molecule has 1 N–H and O–H groups in total. The van der Waals surface area contributed by atoms with Crippen molar-refractivity contribution in [2.45, 2.75) is 6.42 Å². The minimum atomic E-state index is -0.457. The van der Waals surface area contributed by atoms with E-state index >= 15 is 0 Å². The van der Waals surface area contributed by atoms with Crippen molar-refractivity contribution in [3.63, 3.8) is 0 Å². The Balaban J connectivity index is 1.98. The number of carbonyl (C=O) groups is 1. The average Bonchev–Trinajstić information content (AvgIpc) is 2.54. The molecular weight excluding hydrogens is 365 g/mol. The van der Waals surface area contributed by atoms with Crippen LogP contribution in [0.4, 0.5) is 4.39 Å². The molecule has 1 amide bonds. The molecule has 122 valence electrons. The number of amides is 1. The molecule has 0 bridgehead atoms. The zero-order chi connectivity index (χ0) is 16.8. The second-order valence-electron chi connectivity index (χ2n) is 4.84. The van der Waals surface area contributed by atoms with E-state index in [2.05, 4.69) is 21.2 Å². The number of rotatable bonds is 6. The summed E-state index contributed by atoms with van der Waals surface area (Å²) < 4.78 is 24.3. The molecule has 2 aromatic carbocycles. The number of ether oxygens (including phenoxy) is 2. The Morgan fingerprint density at radius 2 is 1.96 bits per heavy atom. The standard InChI is InChI=1S/C17H17BrFNO3/c1-22-15-4-3-11(16(10-15)23-2)5-6-20-17(21)12-7-13(18)9-14(19)8-12/h3-4,7-10H,5-6H2,1-2H3,(H,20,21). The van der Waals surface area contributed by atoms with E-state index in [0.717, 1.165) is 5.56 Å². The van der Waals surface area contributed by atoms with Crippen molar-refractivity contribution in [2.75, 3.05) is 20.8 Å². The number of hydrogen-bond acceptors (Lipinski definition) is 3. The summed E-state index contributed by atoms with van der Waals surface area (Å²) in [6.45, 7) is 0.412. The Hall–Kier alpha value is -2.08. The van der Waals surface area contributed by atoms with Crippen LogP contribution in [0.15, 0.2) is 40.9 Å². The van der Waals surface area contributed by atoms with Gasteiger partial charge in [-0.15, -0.1) is 0 Å². The maximum atomic E-state index is 13.3. The molecular formula is C17H17BrFNO3. The van der Waals surface area contributed by atoms with Gasteiger partial charge in [-0.05, 0) is 36.2 Å². The van der Waals surface area contributed by atoms with Gasteiger partial charge >= 0.3 is 0 Å². The van der Waals surface area contributed by atoms with Crippen molar-refractivity contribution < 1.29 is 18.7 Å². The van der Waals surface area contributed by atoms with Gasteiger partial charge in [0.05, 0.1) is 14.2 Å². The molecule has 0 heterocycles. The Kier molecular flexibility index (Phi) is 5.98. The van der Waals surface area contributed by atoms with Crippen molar-refractivity contribution in [1.82, 2.24) is 5.32 Å². The lowest BCUT2D eigenvalue weighted by atomic mass is 10.1. The van der Waals surface area contributed by atoms with E-state index in [1.807, 2.05) is 12.1 Å². The largest absolute Gasteiger partial charge is 0.497 e. The number of nitrogens with one attached hydrogen (secondary N) is 1. The third-order valence-corrected chi connectivity index (χ3v) is 3.76. The Morgan fingerprint density at radius 1 is 1.17 bits per heavy atom. The van der Waals surface area contributed by atoms with Gasteiger partial charge in [0.15, 0.2) is 0 Å². The molecule has 0 aliphatic carbocycles. The lowest BCUT2D eigenvalue weighted by Gasteiger charge is -2.11. The van der Waals surface area contributed by atoms with Crippen LogP contribution in [-0.4, -0.2) is 26.7 Å². The van der Waals surface area contributed by atoms with E-state index in [9.17, 15) is 9.18 Å². The van der Waals surface area contributed by atoms with Gasteiger partial charge in [0.1, 0.15) is 17.3 Å². The first-order valence-electron chi connectivity index (χ1n) is 6.98. The Bertz CT molecular complexity index is 686. The SMILES string of the molecule is COc1ccc(CCNC(=O)c2cc(F)cc(Br)c2)c(OC)c1. The average molecular weight is 382 g/mol. The zero-order valence-electron chi connectivity index (χ0n) is 12.9. The lowest BCUT2D eigenvalue weighted by molar-refractivity contribution is 0.0953. The van der Waals surface area contributed by atoms with Gasteiger partial charge in [-0.3, -0.25) is 4.79 Å². The maximum absolute atomic E-state index is 13.3. The molecule has 6 heteroatoms. The quantitative estimate of drug-likeness (QED) is 0.831. The van der Waals surface area contributed by atoms with Gasteiger partial charge < -0.3 is 14.8 Å². The first-order chi connectivity index (χ1) is 11.0. The van der Waals surface area contributed by atoms with E-state index in [4.69, 9.17) is 9.47 Å². The summed E-state index contributed by atoms with van der Waals surface area (Å²) in [7, 11) is 3.17. The van der Waals surface area contributed by atoms with Gasteiger partial charge in [-0.25, -0.2) is 4.39 Å². The summed E-state index contributed by atoms with van der Waals surface area (Å²) in [6.07, 6.45) is 0.593. The first kappa shape index (κ1) is 17.3. The molecule has 0 saturated carbocycles. The first-order valence-corrected chi connectivity index (χ1v) is 7.78. The highest BCUT2D eigenvalue weighted by atomic mass is 79.9. The fourth-order valence-corrected chi connectivity index (χ4v) is 2.62. The summed E-state index contributed by atoms with van der Waals surface area (Å²) in [6, 6.07) is 9.60. The van der Waals surface area contributed by atoms with Gasteiger partial charge in [0.2, 0.25) is 0 Å². The molecule has 4 nitrogen and oxygen atoms in total. The second-order valence-corrected chi connectivity index (χ2v) is 5.76. The zero-order valence-corrected chi connectivity index (χ0v) is 14.4. The summed E-state index contributed by atoms with van der Waals surface area (Å²) in [5.74, 6) is 0.630. The summed E-state index contributed by atoms with van der Waals surface area (Å²) in [5, 5.41) is 2.77. The fourth-order valence-electron chi connectivity index (χ4n) is 2.16. The molecule has 2 rings (SSSR count). The molecule has 0 spiro atoms. The van der Waals surface area contributed by atoms with Crippen LogP contribution in [0, 0.1) is 5.82 Å². The van der Waals surface area contributed by atoms with Crippen LogP contribution >= 0.6 is 15.9 Å². The minimum Gasteiger partial charge on any atom is -0.497 e. The molecule has 2 aromatic rings. The highest BCUT2D eigenvalue weighted by Crippen LogP contribution is 2.24. The molecule has 0 atom stereocenters. The predicted molar refractivity (Wildman–Crippen MR) is 89.7 cm³/mol. The molecule has 0 unspecified atom stereocenters. The number of hydrogen-bond donors (Lipinski definition) is 1. The van der Waals surface area contributed by atoms with Crippen molar-refractivity contribution in [1.29, 1.82) is 0 Å². The highest BCUT2D eigenvalue weighted by Gasteiger charge is 2.09. The van der Waals surface area contributed by atoms with Crippen LogP contribution in [0.2, 0.25) is 0 Å². The van der Waals surface area contributed by atoms with Crippen molar-refractivity contribution in [3.05, 3.63) is 57.8 Å². The van der Waals surface area contributed by atoms with Crippen LogP contribution in [0.25, 0.3) is 0 Å². The fraction of sp³-hybridized carbons (Fsp3) is 0.235. The second kappa shape index (κ2) is 7.97. The van der Waals surface area contributed by atoms with E-state index in [0.29, 0.717) is 28.9 Å². The Morgan fingerprint density at radius 3 is 2.61 bits per heavy atom. The third kappa shape index (κ3) is 4.69. The topological polar surface area (TPSA) is 47.6 Å². The van der Waals surface area contributed by atoms with Crippen molar-refractivity contribution in [3.8, 4) is 11.5 Å². The maximum Gasteiger partial charge on any atom is 0.251 e. The minimum absolute atomic E-state index is 0.276. The molecule has 0 radical (unpaired) electrons. The third-order valence-electron chi connectivity index (χ3n) is 3.30. The van der Waals surface area contributed by atoms with Crippen LogP contribution in [0.5, 0.6) is 11.5 Å². The van der Waals surface area contributed by atoms with Gasteiger partial charge in [-0.2, -0.15) is 0 Å². The normalized spacial score (nSPS) is 10.3. The number of halogens is 2. The van der Waals surface area contributed by atoms with E-state index in [-0.39, 0.29) is 11.5 Å². The van der Waals surface area contributed by atoms with E-state index < -0.39 is 5.82 Å². The summed E-state index contributed by atoms with van der Waals surface area (Å²) in [5.41, 5.74) is 1.23. The van der Waals surface area contributed by atoms with Crippen LogP contribution in [0.1, 0.15) is 15.9 Å². The van der Waals surface area contributed by atoms with Gasteiger partial charge in [0.25, 0.3) is 5.91 Å². The predicted octanol–water partition coefficient (Wildman–Crippen LogP) is 3.58. The monoisotopic (exact) mass is 381 g/mol. The van der Waals surface area contributed by atoms with Crippen molar-refractivity contribution in [2.24, 2.45) is 0 Å². The molecule has 0 aliphatic heterocycles. The van der Waals surface area contributed by atoms with Crippen LogP contribution < -0.4 is 14.8 Å². The molecule has 0 fully saturated rings. The lowest BCUT2D eigenvalue weighted by Crippen LogP contribution is -2.25.